The third-order valence-corrected chi connectivity index (χ3v) is 5.17. The minimum atomic E-state index is -0.971. The topological polar surface area (TPSA) is 152 Å². The van der Waals surface area contributed by atoms with Gasteiger partial charge in [-0.3, -0.25) is 9.59 Å². The van der Waals surface area contributed by atoms with E-state index in [9.17, 15) is 19.2 Å². The molecule has 0 unspecified atom stereocenters. The Hall–Kier alpha value is -3.89. The van der Waals surface area contributed by atoms with Crippen LogP contribution in [0.15, 0.2) is 36.7 Å². The van der Waals surface area contributed by atoms with Gasteiger partial charge in [-0.05, 0) is 66.4 Å². The molecule has 1 atom stereocenters. The molecule has 214 valence electrons. The Morgan fingerprint density at radius 1 is 0.846 bits per heavy atom. The predicted octanol–water partition coefficient (Wildman–Crippen LogP) is 3.52. The number of nitrogens with one attached hydrogen (secondary N) is 4. The van der Waals surface area contributed by atoms with Crippen LogP contribution in [0.1, 0.15) is 87.3 Å². The number of nitrogens with zero attached hydrogens (tertiary/aromatic N) is 1. The van der Waals surface area contributed by atoms with Crippen molar-refractivity contribution in [3.05, 3.63) is 53.6 Å². The van der Waals surface area contributed by atoms with E-state index in [2.05, 4.69) is 25.9 Å². The van der Waals surface area contributed by atoms with Crippen molar-refractivity contribution in [1.82, 2.24) is 25.9 Å². The van der Waals surface area contributed by atoms with Crippen molar-refractivity contribution in [2.75, 3.05) is 13.1 Å². The normalized spacial score (nSPS) is 12.3. The Bertz CT molecular complexity index is 1100. The summed E-state index contributed by atoms with van der Waals surface area (Å²) in [6.07, 6.45) is 3.18. The number of carbonyl (C=O) groups is 4. The van der Waals surface area contributed by atoms with Gasteiger partial charge in [0.2, 0.25) is 0 Å². The maximum atomic E-state index is 13.1. The van der Waals surface area contributed by atoms with Gasteiger partial charge in [-0.15, -0.1) is 0 Å². The Kier molecular flexibility index (Phi) is 11.5. The molecule has 0 aliphatic heterocycles. The number of hydrogen-bond acceptors (Lipinski definition) is 7. The molecule has 1 aromatic carbocycles. The van der Waals surface area contributed by atoms with Gasteiger partial charge in [0.1, 0.15) is 22.9 Å². The number of unbranched alkanes of at least 4 members (excludes halogenated alkanes) is 2. The van der Waals surface area contributed by atoms with E-state index in [0.29, 0.717) is 19.5 Å². The highest BCUT2D eigenvalue weighted by Gasteiger charge is 2.29. The Labute approximate surface area is 229 Å². The maximum absolute atomic E-state index is 13.1. The van der Waals surface area contributed by atoms with E-state index in [1.807, 2.05) is 30.3 Å². The van der Waals surface area contributed by atoms with Crippen LogP contribution in [0.5, 0.6) is 0 Å². The number of carbonyl (C=O) groups excluding carboxylic acids is 4. The Morgan fingerprint density at radius 3 is 2.08 bits per heavy atom. The molecule has 0 spiro atoms. The largest absolute Gasteiger partial charge is 0.458 e. The second-order valence-corrected chi connectivity index (χ2v) is 11.1. The van der Waals surface area contributed by atoms with Gasteiger partial charge in [0.15, 0.2) is 5.69 Å². The number of imidazole rings is 1. The van der Waals surface area contributed by atoms with Gasteiger partial charge in [-0.2, -0.15) is 0 Å². The summed E-state index contributed by atoms with van der Waals surface area (Å²) in [4.78, 5) is 57.0. The van der Waals surface area contributed by atoms with E-state index in [1.54, 1.807) is 41.5 Å². The predicted molar refractivity (Wildman–Crippen MR) is 146 cm³/mol. The first kappa shape index (κ1) is 31.3. The van der Waals surface area contributed by atoms with Crippen LogP contribution >= 0.6 is 0 Å². The van der Waals surface area contributed by atoms with Crippen LogP contribution in [0.25, 0.3) is 0 Å². The summed E-state index contributed by atoms with van der Waals surface area (Å²) >= 11 is 0. The second kappa shape index (κ2) is 14.3. The highest BCUT2D eigenvalue weighted by atomic mass is 16.6. The molecule has 2 aromatic rings. The molecule has 4 N–H and O–H groups in total. The van der Waals surface area contributed by atoms with E-state index in [1.165, 1.54) is 6.33 Å². The molecule has 0 aliphatic rings. The van der Waals surface area contributed by atoms with E-state index in [-0.39, 0.29) is 17.8 Å². The summed E-state index contributed by atoms with van der Waals surface area (Å²) in [6.45, 7) is 11.5. The molecule has 0 saturated carbocycles. The molecule has 39 heavy (non-hydrogen) atoms. The van der Waals surface area contributed by atoms with Gasteiger partial charge in [0.25, 0.3) is 11.8 Å². The van der Waals surface area contributed by atoms with Crippen molar-refractivity contribution in [1.29, 1.82) is 0 Å². The van der Waals surface area contributed by atoms with E-state index in [4.69, 9.17) is 9.47 Å². The number of ether oxygens (including phenoxy) is 2. The van der Waals surface area contributed by atoms with Crippen molar-refractivity contribution in [3.63, 3.8) is 0 Å². The molecule has 11 nitrogen and oxygen atoms in total. The van der Waals surface area contributed by atoms with Gasteiger partial charge in [0.05, 0.1) is 6.33 Å². The fourth-order valence-electron chi connectivity index (χ4n) is 3.50. The average molecular weight is 544 g/mol. The zero-order valence-corrected chi connectivity index (χ0v) is 23.7. The minimum absolute atomic E-state index is 0.00161. The maximum Gasteiger partial charge on any atom is 0.407 e. The summed E-state index contributed by atoms with van der Waals surface area (Å²) in [5.74, 6) is -1.73. The molecule has 3 amide bonds. The number of rotatable bonds is 12. The van der Waals surface area contributed by atoms with Crippen LogP contribution in [0.2, 0.25) is 0 Å². The zero-order valence-electron chi connectivity index (χ0n) is 23.7. The third-order valence-electron chi connectivity index (χ3n) is 5.17. The second-order valence-electron chi connectivity index (χ2n) is 11.1. The van der Waals surface area contributed by atoms with E-state index < -0.39 is 41.1 Å². The average Bonchev–Trinajstić information content (AvgIpc) is 3.31. The first-order valence-corrected chi connectivity index (χ1v) is 13.1. The first-order valence-electron chi connectivity index (χ1n) is 13.1. The lowest BCUT2D eigenvalue weighted by Gasteiger charge is -2.24. The molecular formula is C28H41N5O6. The van der Waals surface area contributed by atoms with Gasteiger partial charge >= 0.3 is 12.1 Å². The molecule has 0 fully saturated rings. The molecule has 0 aliphatic carbocycles. The van der Waals surface area contributed by atoms with Crippen LogP contribution in [0.3, 0.4) is 0 Å². The van der Waals surface area contributed by atoms with Gasteiger partial charge in [-0.1, -0.05) is 30.3 Å². The number of H-pyrrole nitrogens is 1. The van der Waals surface area contributed by atoms with E-state index >= 15 is 0 Å². The Balaban J connectivity index is 1.89. The molecule has 1 heterocycles. The minimum Gasteiger partial charge on any atom is -0.458 e. The van der Waals surface area contributed by atoms with Crippen molar-refractivity contribution >= 4 is 23.9 Å². The molecule has 11 heteroatoms. The van der Waals surface area contributed by atoms with Gasteiger partial charge < -0.3 is 30.4 Å². The van der Waals surface area contributed by atoms with Gasteiger partial charge in [0, 0.05) is 19.5 Å². The summed E-state index contributed by atoms with van der Waals surface area (Å²) in [6, 6.07) is 8.28. The number of benzene rings is 1. The molecule has 0 radical (unpaired) electrons. The lowest BCUT2D eigenvalue weighted by molar-refractivity contribution is -0.157. The van der Waals surface area contributed by atoms with Crippen molar-refractivity contribution < 1.29 is 28.7 Å². The van der Waals surface area contributed by atoms with E-state index in [0.717, 1.165) is 18.4 Å². The SMILES string of the molecule is CC(C)(C)OC(=O)NCCCCCNC(=O)c1[nH]cnc1C(=O)N[C@@H](Cc1ccccc1)C(=O)OC(C)(C)C. The van der Waals surface area contributed by atoms with Crippen LogP contribution in [0, 0.1) is 0 Å². The Morgan fingerprint density at radius 2 is 1.46 bits per heavy atom. The molecule has 0 bridgehead atoms. The van der Waals surface area contributed by atoms with Crippen LogP contribution in [0.4, 0.5) is 4.79 Å². The smallest absolute Gasteiger partial charge is 0.407 e. The highest BCUT2D eigenvalue weighted by molar-refractivity contribution is 6.05. The number of esters is 1. The lowest BCUT2D eigenvalue weighted by atomic mass is 10.1. The van der Waals surface area contributed by atoms with Crippen LogP contribution in [-0.4, -0.2) is 64.2 Å². The van der Waals surface area contributed by atoms with Crippen LogP contribution in [-0.2, 0) is 20.7 Å². The number of hydrogen-bond donors (Lipinski definition) is 4. The molecule has 1 aromatic heterocycles. The monoisotopic (exact) mass is 543 g/mol. The quantitative estimate of drug-likeness (QED) is 0.236. The molecule has 0 saturated heterocycles. The number of amides is 3. The highest BCUT2D eigenvalue weighted by Crippen LogP contribution is 2.13. The molecular weight excluding hydrogens is 502 g/mol. The zero-order chi connectivity index (χ0) is 29.1. The van der Waals surface area contributed by atoms with Crippen molar-refractivity contribution in [3.8, 4) is 0 Å². The standard InChI is InChI=1S/C28H41N5O6/c1-27(2,3)38-25(36)20(17-19-13-9-7-10-14-19)33-24(35)22-21(31-18-32-22)23(34)29-15-11-8-12-16-30-26(37)39-28(4,5)6/h7,9-10,13-14,18,20H,8,11-12,15-17H2,1-6H3,(H,29,34)(H,30,37)(H,31,32)(H,33,35)/t20-/m0/s1. The van der Waals surface area contributed by atoms with Crippen molar-refractivity contribution in [2.45, 2.75) is 84.5 Å². The number of aromatic amines is 1. The summed E-state index contributed by atoms with van der Waals surface area (Å²) in [5, 5.41) is 8.14. The van der Waals surface area contributed by atoms with Gasteiger partial charge in [-0.25, -0.2) is 14.6 Å². The molecule has 2 rings (SSSR count). The summed E-state index contributed by atoms with van der Waals surface area (Å²) in [5.41, 5.74) is -0.553. The number of aromatic nitrogens is 2. The van der Waals surface area contributed by atoms with Crippen LogP contribution < -0.4 is 16.0 Å². The number of alkyl carbamates (subject to hydrolysis) is 1. The summed E-state index contributed by atoms with van der Waals surface area (Å²) < 4.78 is 10.7. The first-order chi connectivity index (χ1) is 18.2. The summed E-state index contributed by atoms with van der Waals surface area (Å²) in [7, 11) is 0. The fraction of sp³-hybridized carbons (Fsp3) is 0.536. The fourth-order valence-corrected chi connectivity index (χ4v) is 3.50. The third kappa shape index (κ3) is 12.0. The van der Waals surface area contributed by atoms with Crippen molar-refractivity contribution in [2.24, 2.45) is 0 Å². The lowest BCUT2D eigenvalue weighted by Crippen LogP contribution is -2.46.